The quantitative estimate of drug-likeness (QED) is 0.769. The van der Waals surface area contributed by atoms with Gasteiger partial charge in [-0.05, 0) is 0 Å². The Labute approximate surface area is 107 Å². The molecule has 2 aromatic carbocycles. The summed E-state index contributed by atoms with van der Waals surface area (Å²) in [5.74, 6) is 0. The van der Waals surface area contributed by atoms with Crippen molar-refractivity contribution < 1.29 is 0 Å². The molecule has 0 aliphatic carbocycles. The molecule has 0 heterocycles. The summed E-state index contributed by atoms with van der Waals surface area (Å²) in [5, 5.41) is 0. The van der Waals surface area contributed by atoms with E-state index in [0.717, 1.165) is 0 Å². The fraction of sp³-hybridized carbons (Fsp3) is 0.143. The second-order valence-corrected chi connectivity index (χ2v) is 12.8. The zero-order valence-corrected chi connectivity index (χ0v) is 12.8. The minimum absolute atomic E-state index is 1.17. The Hall–Kier alpha value is -0.541. The SMILES string of the molecule is [S]=[Sn]([CH2]c1ccccc1)[CH2]c1ccccc1. The van der Waals surface area contributed by atoms with Gasteiger partial charge in [0.15, 0.2) is 0 Å². The molecule has 0 aliphatic heterocycles. The summed E-state index contributed by atoms with van der Waals surface area (Å²) in [6.45, 7) is 0. The Morgan fingerprint density at radius 2 is 1.06 bits per heavy atom. The summed E-state index contributed by atoms with van der Waals surface area (Å²) in [6, 6.07) is 21.3. The van der Waals surface area contributed by atoms with E-state index in [1.807, 2.05) is 0 Å². The molecule has 0 nitrogen and oxygen atoms in total. The summed E-state index contributed by atoms with van der Waals surface area (Å²) in [7, 11) is 5.70. The van der Waals surface area contributed by atoms with Crippen molar-refractivity contribution in [2.75, 3.05) is 0 Å². The zero-order valence-electron chi connectivity index (χ0n) is 9.10. The molecule has 0 unspecified atom stereocenters. The van der Waals surface area contributed by atoms with Gasteiger partial charge in [0.05, 0.1) is 0 Å². The van der Waals surface area contributed by atoms with E-state index in [-0.39, 0.29) is 0 Å². The normalized spacial score (nSPS) is 10.0. The summed E-state index contributed by atoms with van der Waals surface area (Å²) >= 11 is -1.64. The Bertz CT molecular complexity index is 407. The third-order valence-corrected chi connectivity index (χ3v) is 9.01. The van der Waals surface area contributed by atoms with Gasteiger partial charge in [-0.2, -0.15) is 0 Å². The maximum atomic E-state index is 5.70. The van der Waals surface area contributed by atoms with Crippen LogP contribution in [0.4, 0.5) is 0 Å². The minimum atomic E-state index is -1.64. The molecule has 0 fully saturated rings. The Balaban J connectivity index is 1.95. The first kappa shape index (κ1) is 11.9. The van der Waals surface area contributed by atoms with Crippen LogP contribution >= 0.6 is 9.29 Å². The van der Waals surface area contributed by atoms with Gasteiger partial charge in [0.2, 0.25) is 0 Å². The fourth-order valence-corrected chi connectivity index (χ4v) is 8.25. The van der Waals surface area contributed by atoms with Gasteiger partial charge in [0.1, 0.15) is 0 Å². The molecule has 0 aromatic heterocycles. The molecule has 2 heteroatoms. The van der Waals surface area contributed by atoms with Crippen LogP contribution in [-0.2, 0) is 8.87 Å². The van der Waals surface area contributed by atoms with Gasteiger partial charge in [0, 0.05) is 0 Å². The number of hydrogen-bond donors (Lipinski definition) is 0. The van der Waals surface area contributed by atoms with Crippen LogP contribution < -0.4 is 0 Å². The van der Waals surface area contributed by atoms with Crippen molar-refractivity contribution in [3.63, 3.8) is 0 Å². The average molecular weight is 333 g/mol. The topological polar surface area (TPSA) is 0 Å². The molecule has 2 aromatic rings. The summed E-state index contributed by atoms with van der Waals surface area (Å²) < 4.78 is 2.35. The van der Waals surface area contributed by atoms with Crippen LogP contribution in [0.1, 0.15) is 11.1 Å². The molecule has 0 radical (unpaired) electrons. The van der Waals surface area contributed by atoms with Crippen LogP contribution in [0.15, 0.2) is 60.7 Å². The molecule has 0 N–H and O–H groups in total. The van der Waals surface area contributed by atoms with E-state index in [1.54, 1.807) is 0 Å². The van der Waals surface area contributed by atoms with E-state index >= 15 is 0 Å². The first-order valence-electron chi connectivity index (χ1n) is 5.44. The van der Waals surface area contributed by atoms with Crippen LogP contribution in [0.2, 0.25) is 0 Å². The Morgan fingerprint density at radius 1 is 0.688 bits per heavy atom. The predicted octanol–water partition coefficient (Wildman–Crippen LogP) is 3.74. The molecule has 0 aliphatic rings. The Morgan fingerprint density at radius 3 is 1.44 bits per heavy atom. The Kier molecular flexibility index (Phi) is 4.67. The number of hydrogen-bond acceptors (Lipinski definition) is 1. The van der Waals surface area contributed by atoms with Crippen molar-refractivity contribution in [1.82, 2.24) is 0 Å². The van der Waals surface area contributed by atoms with Crippen molar-refractivity contribution in [2.45, 2.75) is 8.87 Å². The third-order valence-electron chi connectivity index (χ3n) is 2.49. The molecule has 0 saturated heterocycles. The molecule has 80 valence electrons. The predicted molar refractivity (Wildman–Crippen MR) is 73.6 cm³/mol. The zero-order chi connectivity index (χ0) is 11.2. The van der Waals surface area contributed by atoms with Gasteiger partial charge in [-0.1, -0.05) is 0 Å². The maximum absolute atomic E-state index is 5.70. The van der Waals surface area contributed by atoms with Crippen LogP contribution in [0, 0.1) is 0 Å². The van der Waals surface area contributed by atoms with E-state index in [2.05, 4.69) is 60.7 Å². The van der Waals surface area contributed by atoms with Crippen molar-refractivity contribution in [1.29, 1.82) is 0 Å². The molecular formula is C14H14SSn. The molecule has 0 bridgehead atoms. The average Bonchev–Trinajstić information content (AvgIpc) is 2.31. The second kappa shape index (κ2) is 6.26. The molecule has 0 atom stereocenters. The van der Waals surface area contributed by atoms with Gasteiger partial charge >= 0.3 is 108 Å². The van der Waals surface area contributed by atoms with E-state index in [4.69, 9.17) is 9.29 Å². The molecule has 2 rings (SSSR count). The molecule has 0 saturated carbocycles. The van der Waals surface area contributed by atoms with E-state index in [0.29, 0.717) is 0 Å². The van der Waals surface area contributed by atoms with Crippen molar-refractivity contribution in [3.05, 3.63) is 71.8 Å². The summed E-state index contributed by atoms with van der Waals surface area (Å²) in [4.78, 5) is 0. The molecule has 0 amide bonds. The van der Waals surface area contributed by atoms with Gasteiger partial charge < -0.3 is 0 Å². The van der Waals surface area contributed by atoms with Gasteiger partial charge in [0.25, 0.3) is 0 Å². The van der Waals surface area contributed by atoms with E-state index < -0.39 is 17.8 Å². The molecule has 16 heavy (non-hydrogen) atoms. The molecular weight excluding hydrogens is 319 g/mol. The number of rotatable bonds is 4. The monoisotopic (exact) mass is 334 g/mol. The summed E-state index contributed by atoms with van der Waals surface area (Å²) in [5.41, 5.74) is 2.84. The fourth-order valence-electron chi connectivity index (χ4n) is 1.71. The van der Waals surface area contributed by atoms with Gasteiger partial charge in [-0.15, -0.1) is 0 Å². The standard InChI is InChI=1S/2C7H7.S.Sn/c2*1-7-5-3-2-4-6-7;;/h2*2-6H,1H2;;. The van der Waals surface area contributed by atoms with Crippen LogP contribution in [0.3, 0.4) is 0 Å². The second-order valence-electron chi connectivity index (χ2n) is 3.86. The van der Waals surface area contributed by atoms with Crippen molar-refractivity contribution in [3.8, 4) is 0 Å². The first-order valence-corrected chi connectivity index (χ1v) is 13.4. The number of benzene rings is 2. The van der Waals surface area contributed by atoms with Crippen LogP contribution in [0.5, 0.6) is 0 Å². The first-order chi connectivity index (χ1) is 7.84. The van der Waals surface area contributed by atoms with E-state index in [1.165, 1.54) is 20.0 Å². The van der Waals surface area contributed by atoms with Crippen LogP contribution in [-0.4, -0.2) is 17.8 Å². The van der Waals surface area contributed by atoms with Crippen LogP contribution in [0.25, 0.3) is 0 Å². The van der Waals surface area contributed by atoms with Gasteiger partial charge in [-0.25, -0.2) is 0 Å². The van der Waals surface area contributed by atoms with Crippen molar-refractivity contribution >= 4 is 27.1 Å². The molecule has 0 spiro atoms. The van der Waals surface area contributed by atoms with E-state index in [9.17, 15) is 0 Å². The van der Waals surface area contributed by atoms with Gasteiger partial charge in [-0.3, -0.25) is 0 Å². The summed E-state index contributed by atoms with van der Waals surface area (Å²) in [6.07, 6.45) is 0. The van der Waals surface area contributed by atoms with Crippen molar-refractivity contribution in [2.24, 2.45) is 0 Å². The third kappa shape index (κ3) is 3.80.